The molecule has 0 saturated heterocycles. The van der Waals surface area contributed by atoms with Crippen molar-refractivity contribution >= 4 is 37.5 Å². The standard InChI is InChI=1S/C17H19BrN2O3S/c1-12-5-3-6-13(2)17(12)20-16(21)10-19-24(22,23)11-14-7-4-8-15(18)9-14/h3-9,19H,10-11H2,1-2H3,(H,20,21). The molecule has 1 amide bonds. The van der Waals surface area contributed by atoms with E-state index < -0.39 is 15.9 Å². The van der Waals surface area contributed by atoms with Gasteiger partial charge >= 0.3 is 0 Å². The monoisotopic (exact) mass is 410 g/mol. The Hall–Kier alpha value is -1.70. The van der Waals surface area contributed by atoms with Crippen LogP contribution in [0.3, 0.4) is 0 Å². The molecule has 5 nitrogen and oxygen atoms in total. The maximum Gasteiger partial charge on any atom is 0.239 e. The van der Waals surface area contributed by atoms with Crippen molar-refractivity contribution in [3.63, 3.8) is 0 Å². The number of nitrogens with one attached hydrogen (secondary N) is 2. The van der Waals surface area contributed by atoms with Crippen LogP contribution in [0.4, 0.5) is 5.69 Å². The van der Waals surface area contributed by atoms with E-state index in [1.807, 2.05) is 38.1 Å². The number of carbonyl (C=O) groups is 1. The summed E-state index contributed by atoms with van der Waals surface area (Å²) in [7, 11) is -3.59. The van der Waals surface area contributed by atoms with Gasteiger partial charge in [-0.2, -0.15) is 0 Å². The quantitative estimate of drug-likeness (QED) is 0.767. The summed E-state index contributed by atoms with van der Waals surface area (Å²) in [4.78, 5) is 12.0. The largest absolute Gasteiger partial charge is 0.324 e. The topological polar surface area (TPSA) is 75.3 Å². The van der Waals surface area contributed by atoms with Crippen molar-refractivity contribution in [1.82, 2.24) is 4.72 Å². The van der Waals surface area contributed by atoms with Crippen LogP contribution in [-0.2, 0) is 20.6 Å². The van der Waals surface area contributed by atoms with Crippen LogP contribution in [-0.4, -0.2) is 20.9 Å². The van der Waals surface area contributed by atoms with Gasteiger partial charge in [0.2, 0.25) is 15.9 Å². The molecule has 0 aliphatic heterocycles. The highest BCUT2D eigenvalue weighted by molar-refractivity contribution is 9.10. The summed E-state index contributed by atoms with van der Waals surface area (Å²) < 4.78 is 27.3. The Bertz CT molecular complexity index is 830. The summed E-state index contributed by atoms with van der Waals surface area (Å²) in [6.07, 6.45) is 0. The highest BCUT2D eigenvalue weighted by Gasteiger charge is 2.14. The molecule has 0 spiro atoms. The molecule has 2 rings (SSSR count). The summed E-state index contributed by atoms with van der Waals surface area (Å²) >= 11 is 3.30. The Morgan fingerprint density at radius 3 is 2.33 bits per heavy atom. The highest BCUT2D eigenvalue weighted by atomic mass is 79.9. The summed E-state index contributed by atoms with van der Waals surface area (Å²) in [5.74, 6) is -0.575. The van der Waals surface area contributed by atoms with Gasteiger partial charge in [0, 0.05) is 10.2 Å². The van der Waals surface area contributed by atoms with Crippen molar-refractivity contribution in [2.45, 2.75) is 19.6 Å². The number of amides is 1. The van der Waals surface area contributed by atoms with Crippen LogP contribution < -0.4 is 10.0 Å². The van der Waals surface area contributed by atoms with E-state index in [2.05, 4.69) is 26.0 Å². The van der Waals surface area contributed by atoms with Crippen LogP contribution in [0.5, 0.6) is 0 Å². The van der Waals surface area contributed by atoms with E-state index in [1.165, 1.54) is 0 Å². The van der Waals surface area contributed by atoms with E-state index in [-0.39, 0.29) is 12.3 Å². The smallest absolute Gasteiger partial charge is 0.239 e. The fraction of sp³-hybridized carbons (Fsp3) is 0.235. The number of carbonyl (C=O) groups excluding carboxylic acids is 1. The zero-order valence-electron chi connectivity index (χ0n) is 13.5. The Labute approximate surface area is 150 Å². The van der Waals surface area contributed by atoms with Crippen molar-refractivity contribution in [1.29, 1.82) is 0 Å². The fourth-order valence-electron chi connectivity index (χ4n) is 2.27. The molecule has 128 valence electrons. The van der Waals surface area contributed by atoms with E-state index in [0.29, 0.717) is 11.3 Å². The van der Waals surface area contributed by atoms with Gasteiger partial charge in [-0.25, -0.2) is 13.1 Å². The Balaban J connectivity index is 1.95. The molecule has 0 aliphatic carbocycles. The van der Waals surface area contributed by atoms with Gasteiger partial charge in [-0.15, -0.1) is 0 Å². The molecular formula is C17H19BrN2O3S. The van der Waals surface area contributed by atoms with Crippen LogP contribution in [0, 0.1) is 13.8 Å². The summed E-state index contributed by atoms with van der Waals surface area (Å²) in [6, 6.07) is 12.7. The van der Waals surface area contributed by atoms with Gasteiger partial charge < -0.3 is 5.32 Å². The first kappa shape index (κ1) is 18.6. The minimum atomic E-state index is -3.59. The molecule has 2 aromatic carbocycles. The third-order valence-electron chi connectivity index (χ3n) is 3.44. The number of anilines is 1. The molecular weight excluding hydrogens is 392 g/mol. The number of halogens is 1. The lowest BCUT2D eigenvalue weighted by Crippen LogP contribution is -2.33. The number of rotatable bonds is 6. The van der Waals surface area contributed by atoms with E-state index >= 15 is 0 Å². The van der Waals surface area contributed by atoms with Gasteiger partial charge in [0.25, 0.3) is 0 Å². The van der Waals surface area contributed by atoms with Crippen LogP contribution in [0.15, 0.2) is 46.9 Å². The minimum absolute atomic E-state index is 0.177. The molecule has 0 bridgehead atoms. The second-order valence-electron chi connectivity index (χ2n) is 5.53. The average molecular weight is 411 g/mol. The van der Waals surface area contributed by atoms with Gasteiger partial charge in [-0.3, -0.25) is 4.79 Å². The third kappa shape index (κ3) is 5.43. The molecule has 2 aromatic rings. The van der Waals surface area contributed by atoms with Gasteiger partial charge in [-0.05, 0) is 42.7 Å². The van der Waals surface area contributed by atoms with E-state index in [9.17, 15) is 13.2 Å². The molecule has 0 radical (unpaired) electrons. The average Bonchev–Trinajstić information content (AvgIpc) is 2.49. The van der Waals surface area contributed by atoms with E-state index in [0.717, 1.165) is 15.6 Å². The Kier molecular flexibility index (Phi) is 6.15. The molecule has 0 aliphatic rings. The molecule has 0 atom stereocenters. The second kappa shape index (κ2) is 7.92. The summed E-state index contributed by atoms with van der Waals surface area (Å²) in [5, 5.41) is 2.75. The lowest BCUT2D eigenvalue weighted by Gasteiger charge is -2.12. The van der Waals surface area contributed by atoms with Crippen molar-refractivity contribution < 1.29 is 13.2 Å². The first-order valence-corrected chi connectivity index (χ1v) is 9.79. The Morgan fingerprint density at radius 1 is 1.08 bits per heavy atom. The van der Waals surface area contributed by atoms with Crippen molar-refractivity contribution in [3.8, 4) is 0 Å². The molecule has 7 heteroatoms. The third-order valence-corrected chi connectivity index (χ3v) is 5.23. The molecule has 2 N–H and O–H groups in total. The van der Waals surface area contributed by atoms with Gasteiger partial charge in [0.05, 0.1) is 12.3 Å². The number of para-hydroxylation sites is 1. The van der Waals surface area contributed by atoms with E-state index in [4.69, 9.17) is 0 Å². The normalized spacial score (nSPS) is 11.3. The van der Waals surface area contributed by atoms with Gasteiger partial charge in [-0.1, -0.05) is 46.3 Å². The van der Waals surface area contributed by atoms with Gasteiger partial charge in [0.15, 0.2) is 0 Å². The summed E-state index contributed by atoms with van der Waals surface area (Å²) in [6.45, 7) is 3.48. The number of hydrogen-bond acceptors (Lipinski definition) is 3. The van der Waals surface area contributed by atoms with Crippen molar-refractivity contribution in [2.24, 2.45) is 0 Å². The first-order valence-electron chi connectivity index (χ1n) is 7.35. The highest BCUT2D eigenvalue weighted by Crippen LogP contribution is 2.19. The fourth-order valence-corrected chi connectivity index (χ4v) is 3.79. The van der Waals surface area contributed by atoms with Crippen LogP contribution >= 0.6 is 15.9 Å². The molecule has 24 heavy (non-hydrogen) atoms. The number of aryl methyl sites for hydroxylation is 2. The molecule has 0 fully saturated rings. The van der Waals surface area contributed by atoms with Crippen molar-refractivity contribution in [3.05, 3.63) is 63.6 Å². The predicted octanol–water partition coefficient (Wildman–Crippen LogP) is 3.12. The molecule has 0 saturated carbocycles. The first-order chi connectivity index (χ1) is 11.3. The molecule has 0 heterocycles. The molecule has 0 unspecified atom stereocenters. The Morgan fingerprint density at radius 2 is 1.71 bits per heavy atom. The van der Waals surface area contributed by atoms with Crippen LogP contribution in [0.1, 0.15) is 16.7 Å². The zero-order valence-corrected chi connectivity index (χ0v) is 15.9. The van der Waals surface area contributed by atoms with E-state index in [1.54, 1.807) is 18.2 Å². The zero-order chi connectivity index (χ0) is 17.7. The number of sulfonamides is 1. The second-order valence-corrected chi connectivity index (χ2v) is 8.25. The molecule has 0 aromatic heterocycles. The SMILES string of the molecule is Cc1cccc(C)c1NC(=O)CNS(=O)(=O)Cc1cccc(Br)c1. The minimum Gasteiger partial charge on any atom is -0.324 e. The number of hydrogen-bond donors (Lipinski definition) is 2. The maximum absolute atomic E-state index is 12.1. The maximum atomic E-state index is 12.1. The van der Waals surface area contributed by atoms with Crippen molar-refractivity contribution in [2.75, 3.05) is 11.9 Å². The number of benzene rings is 2. The van der Waals surface area contributed by atoms with Gasteiger partial charge in [0.1, 0.15) is 0 Å². The van der Waals surface area contributed by atoms with Crippen LogP contribution in [0.25, 0.3) is 0 Å². The summed E-state index contributed by atoms with van der Waals surface area (Å²) in [5.41, 5.74) is 3.22. The van der Waals surface area contributed by atoms with Crippen LogP contribution in [0.2, 0.25) is 0 Å². The predicted molar refractivity (Wildman–Crippen MR) is 99.3 cm³/mol. The lowest BCUT2D eigenvalue weighted by molar-refractivity contribution is -0.115. The lowest BCUT2D eigenvalue weighted by atomic mass is 10.1.